The molecule has 1 aromatic carbocycles. The molecule has 0 aliphatic rings. The first-order valence-electron chi connectivity index (χ1n) is 6.31. The third-order valence-corrected chi connectivity index (χ3v) is 3.14. The first-order valence-corrected chi connectivity index (χ1v) is 6.31. The van der Waals surface area contributed by atoms with Gasteiger partial charge in [0.25, 0.3) is 0 Å². The molecule has 0 radical (unpaired) electrons. The van der Waals surface area contributed by atoms with Crippen molar-refractivity contribution in [3.05, 3.63) is 54.6 Å². The molecular formula is C15H18IN3. The van der Waals surface area contributed by atoms with Crippen molar-refractivity contribution in [2.75, 3.05) is 0 Å². The van der Waals surface area contributed by atoms with Gasteiger partial charge in [-0.1, -0.05) is 30.3 Å². The molecule has 4 heteroatoms. The monoisotopic (exact) mass is 367 g/mol. The second-order valence-electron chi connectivity index (χ2n) is 4.40. The highest BCUT2D eigenvalue weighted by molar-refractivity contribution is 5.16. The Hall–Kier alpha value is -1.35. The highest BCUT2D eigenvalue weighted by Crippen LogP contribution is 2.16. The summed E-state index contributed by atoms with van der Waals surface area (Å²) in [5, 5.41) is 8.97. The summed E-state index contributed by atoms with van der Waals surface area (Å²) in [7, 11) is 0. The molecule has 0 saturated carbocycles. The van der Waals surface area contributed by atoms with Crippen LogP contribution in [-0.2, 0) is 13.0 Å². The van der Waals surface area contributed by atoms with Crippen LogP contribution in [0.2, 0.25) is 0 Å². The summed E-state index contributed by atoms with van der Waals surface area (Å²) in [6.45, 7) is 3.07. The largest absolute Gasteiger partial charge is 1.00 e. The van der Waals surface area contributed by atoms with E-state index in [0.717, 1.165) is 13.0 Å². The van der Waals surface area contributed by atoms with Gasteiger partial charge < -0.3 is 24.0 Å². The van der Waals surface area contributed by atoms with Gasteiger partial charge in [-0.25, -0.2) is 9.13 Å². The Labute approximate surface area is 131 Å². The summed E-state index contributed by atoms with van der Waals surface area (Å²) >= 11 is 0. The van der Waals surface area contributed by atoms with E-state index in [1.165, 1.54) is 5.56 Å². The number of imidazole rings is 1. The third-order valence-electron chi connectivity index (χ3n) is 3.14. The fourth-order valence-corrected chi connectivity index (χ4v) is 2.09. The topological polar surface area (TPSA) is 32.6 Å². The molecule has 0 bridgehead atoms. The van der Waals surface area contributed by atoms with Crippen LogP contribution in [0, 0.1) is 11.3 Å². The van der Waals surface area contributed by atoms with Crippen molar-refractivity contribution in [2.45, 2.75) is 32.4 Å². The zero-order valence-electron chi connectivity index (χ0n) is 11.0. The number of aromatic nitrogens is 2. The van der Waals surface area contributed by atoms with Crippen molar-refractivity contribution in [3.8, 4) is 6.07 Å². The van der Waals surface area contributed by atoms with Crippen LogP contribution in [0.4, 0.5) is 0 Å². The number of aryl methyl sites for hydroxylation is 1. The Morgan fingerprint density at radius 1 is 1.32 bits per heavy atom. The zero-order valence-corrected chi connectivity index (χ0v) is 13.2. The second kappa shape index (κ2) is 7.95. The number of benzene rings is 1. The van der Waals surface area contributed by atoms with Crippen LogP contribution >= 0.6 is 0 Å². The molecule has 0 fully saturated rings. The molecule has 2 aromatic rings. The summed E-state index contributed by atoms with van der Waals surface area (Å²) in [6.07, 6.45) is 7.61. The predicted molar refractivity (Wildman–Crippen MR) is 69.7 cm³/mol. The molecular weight excluding hydrogens is 349 g/mol. The maximum absolute atomic E-state index is 8.97. The Bertz CT molecular complexity index is 528. The van der Waals surface area contributed by atoms with Gasteiger partial charge in [0.2, 0.25) is 6.33 Å². The molecule has 1 unspecified atom stereocenters. The minimum atomic E-state index is 0. The van der Waals surface area contributed by atoms with Crippen LogP contribution in [0.1, 0.15) is 24.9 Å². The predicted octanol–water partition coefficient (Wildman–Crippen LogP) is -0.503. The smallest absolute Gasteiger partial charge is 0.244 e. The van der Waals surface area contributed by atoms with Crippen molar-refractivity contribution in [1.29, 1.82) is 5.26 Å². The van der Waals surface area contributed by atoms with Crippen molar-refractivity contribution in [3.63, 3.8) is 0 Å². The molecule has 1 atom stereocenters. The Morgan fingerprint density at radius 2 is 2.05 bits per heavy atom. The third kappa shape index (κ3) is 4.35. The number of rotatable bonds is 5. The minimum absolute atomic E-state index is 0. The molecule has 0 N–H and O–H groups in total. The fraction of sp³-hybridized carbons (Fsp3) is 0.333. The Morgan fingerprint density at radius 3 is 2.63 bits per heavy atom. The molecule has 0 aliphatic heterocycles. The van der Waals surface area contributed by atoms with Crippen molar-refractivity contribution in [2.24, 2.45) is 0 Å². The minimum Gasteiger partial charge on any atom is -1.00 e. The quantitative estimate of drug-likeness (QED) is 0.518. The zero-order chi connectivity index (χ0) is 12.8. The van der Waals surface area contributed by atoms with Gasteiger partial charge in [-0.3, -0.25) is 0 Å². The molecule has 0 amide bonds. The van der Waals surface area contributed by atoms with Gasteiger partial charge >= 0.3 is 0 Å². The van der Waals surface area contributed by atoms with E-state index in [4.69, 9.17) is 5.26 Å². The first kappa shape index (κ1) is 15.7. The molecule has 19 heavy (non-hydrogen) atoms. The van der Waals surface area contributed by atoms with E-state index in [1.54, 1.807) is 0 Å². The highest BCUT2D eigenvalue weighted by atomic mass is 127. The van der Waals surface area contributed by atoms with Crippen LogP contribution < -0.4 is 28.5 Å². The summed E-state index contributed by atoms with van der Waals surface area (Å²) in [6, 6.07) is 12.8. The standard InChI is InChI=1S/C15H18N3.HI/c1-2-17-10-11-18(13-17)15(8-9-16)12-14-6-4-3-5-7-14;/h3-7,10-11,13,15H,2,8,12H2,1H3;1H/q+1;/p-1. The average molecular weight is 367 g/mol. The van der Waals surface area contributed by atoms with E-state index in [0.29, 0.717) is 6.42 Å². The van der Waals surface area contributed by atoms with E-state index in [1.807, 2.05) is 18.2 Å². The maximum atomic E-state index is 8.97. The van der Waals surface area contributed by atoms with Crippen LogP contribution in [-0.4, -0.2) is 4.57 Å². The molecule has 0 saturated heterocycles. The molecule has 0 aliphatic carbocycles. The fourth-order valence-electron chi connectivity index (χ4n) is 2.09. The van der Waals surface area contributed by atoms with Gasteiger partial charge in [-0.15, -0.1) is 0 Å². The van der Waals surface area contributed by atoms with Crippen LogP contribution in [0.25, 0.3) is 0 Å². The van der Waals surface area contributed by atoms with Gasteiger partial charge in [0, 0.05) is 6.42 Å². The number of hydrogen-bond acceptors (Lipinski definition) is 1. The second-order valence-corrected chi connectivity index (χ2v) is 4.40. The molecule has 2 rings (SSSR count). The van der Waals surface area contributed by atoms with Crippen molar-refractivity contribution < 1.29 is 28.5 Å². The number of nitrogens with zero attached hydrogens (tertiary/aromatic N) is 3. The summed E-state index contributed by atoms with van der Waals surface area (Å²) in [4.78, 5) is 0. The Balaban J connectivity index is 0.00000180. The van der Waals surface area contributed by atoms with Crippen LogP contribution in [0.5, 0.6) is 0 Å². The lowest BCUT2D eigenvalue weighted by molar-refractivity contribution is -0.693. The van der Waals surface area contributed by atoms with E-state index < -0.39 is 0 Å². The SMILES string of the molecule is CC[n+]1ccn(C(CC#N)Cc2ccccc2)c1.[I-]. The average Bonchev–Trinajstić information content (AvgIpc) is 2.88. The number of nitriles is 1. The van der Waals surface area contributed by atoms with Crippen molar-refractivity contribution in [1.82, 2.24) is 4.57 Å². The number of halogens is 1. The van der Waals surface area contributed by atoms with Crippen molar-refractivity contribution >= 4 is 0 Å². The lowest BCUT2D eigenvalue weighted by Gasteiger charge is -2.10. The lowest BCUT2D eigenvalue weighted by Crippen LogP contribution is -3.00. The van der Waals surface area contributed by atoms with E-state index >= 15 is 0 Å². The maximum Gasteiger partial charge on any atom is 0.244 e. The Kier molecular flexibility index (Phi) is 6.57. The van der Waals surface area contributed by atoms with E-state index in [-0.39, 0.29) is 30.0 Å². The first-order chi connectivity index (χ1) is 8.83. The summed E-state index contributed by atoms with van der Waals surface area (Å²) < 4.78 is 4.26. The lowest BCUT2D eigenvalue weighted by atomic mass is 10.0. The van der Waals surface area contributed by atoms with E-state index in [2.05, 4.69) is 53.0 Å². The normalized spacial score (nSPS) is 11.4. The summed E-state index contributed by atoms with van der Waals surface area (Å²) in [5.41, 5.74) is 1.27. The van der Waals surface area contributed by atoms with Gasteiger partial charge in [0.15, 0.2) is 0 Å². The molecule has 100 valence electrons. The molecule has 1 aromatic heterocycles. The van der Waals surface area contributed by atoms with Gasteiger partial charge in [0.1, 0.15) is 18.4 Å². The highest BCUT2D eigenvalue weighted by Gasteiger charge is 2.17. The van der Waals surface area contributed by atoms with Crippen LogP contribution in [0.3, 0.4) is 0 Å². The molecule has 0 spiro atoms. The number of hydrogen-bond donors (Lipinski definition) is 0. The molecule has 3 nitrogen and oxygen atoms in total. The van der Waals surface area contributed by atoms with E-state index in [9.17, 15) is 0 Å². The van der Waals surface area contributed by atoms with Crippen LogP contribution in [0.15, 0.2) is 49.1 Å². The van der Waals surface area contributed by atoms with Gasteiger partial charge in [-0.2, -0.15) is 5.26 Å². The van der Waals surface area contributed by atoms with Gasteiger partial charge in [-0.05, 0) is 12.5 Å². The van der Waals surface area contributed by atoms with Gasteiger partial charge in [0.05, 0.1) is 19.0 Å². The molecule has 1 heterocycles. The summed E-state index contributed by atoms with van der Waals surface area (Å²) in [5.74, 6) is 0.